The molecule has 0 aromatic carbocycles. The van der Waals surface area contributed by atoms with Crippen molar-refractivity contribution in [2.45, 2.75) is 51.4 Å². The van der Waals surface area contributed by atoms with Gasteiger partial charge in [0.15, 0.2) is 0 Å². The summed E-state index contributed by atoms with van der Waals surface area (Å²) in [4.78, 5) is 22.4. The number of allylic oxidation sites excluding steroid dienone is 1. The monoisotopic (exact) mass is 348 g/mol. The second-order valence-corrected chi connectivity index (χ2v) is 5.79. The maximum Gasteiger partial charge on any atom is 0.330 e. The number of ether oxygens (including phenoxy) is 2. The van der Waals surface area contributed by atoms with Gasteiger partial charge in [-0.15, -0.1) is 0 Å². The summed E-state index contributed by atoms with van der Waals surface area (Å²) in [7, 11) is 0. The Labute approximate surface area is 144 Å². The number of esters is 2. The Morgan fingerprint density at radius 2 is 1.41 bits per heavy atom. The molecule has 0 saturated heterocycles. The van der Waals surface area contributed by atoms with Crippen molar-refractivity contribution in [3.8, 4) is 0 Å². The van der Waals surface area contributed by atoms with Crippen molar-refractivity contribution >= 4 is 37.2 Å². The third-order valence-corrected chi connectivity index (χ3v) is 3.31. The summed E-state index contributed by atoms with van der Waals surface area (Å²) in [5.74, 6) is 0.711. The van der Waals surface area contributed by atoms with Gasteiger partial charge in [-0.2, -0.15) is 25.3 Å². The lowest BCUT2D eigenvalue weighted by molar-refractivity contribution is -0.143. The highest BCUT2D eigenvalue weighted by atomic mass is 32.1. The lowest BCUT2D eigenvalue weighted by Gasteiger charge is -2.03. The molecule has 0 aliphatic rings. The summed E-state index contributed by atoms with van der Waals surface area (Å²) >= 11 is 7.95. The van der Waals surface area contributed by atoms with Gasteiger partial charge in [0.05, 0.1) is 0 Å². The van der Waals surface area contributed by atoms with E-state index in [9.17, 15) is 9.59 Å². The fourth-order valence-electron chi connectivity index (χ4n) is 1.84. The first-order chi connectivity index (χ1) is 10.7. The van der Waals surface area contributed by atoms with E-state index in [1.54, 1.807) is 0 Å². The molecule has 0 amide bonds. The van der Waals surface area contributed by atoms with Crippen LogP contribution >= 0.6 is 25.3 Å². The highest BCUT2D eigenvalue weighted by molar-refractivity contribution is 7.80. The van der Waals surface area contributed by atoms with E-state index in [0.717, 1.165) is 44.9 Å². The minimum atomic E-state index is -0.293. The zero-order valence-corrected chi connectivity index (χ0v) is 15.0. The molecule has 0 aromatic heterocycles. The molecule has 128 valence electrons. The lowest BCUT2D eigenvalue weighted by atomic mass is 10.1. The second kappa shape index (κ2) is 16.7. The van der Waals surface area contributed by atoms with Crippen LogP contribution in [0.25, 0.3) is 0 Å². The van der Waals surface area contributed by atoms with Crippen LogP contribution in [0.1, 0.15) is 51.4 Å². The van der Waals surface area contributed by atoms with E-state index in [4.69, 9.17) is 9.47 Å². The molecule has 0 fully saturated rings. The van der Waals surface area contributed by atoms with Gasteiger partial charge in [-0.1, -0.05) is 31.8 Å². The van der Waals surface area contributed by atoms with Gasteiger partial charge in [-0.3, -0.25) is 4.79 Å². The Kier molecular flexibility index (Phi) is 16.3. The van der Waals surface area contributed by atoms with E-state index < -0.39 is 0 Å². The van der Waals surface area contributed by atoms with E-state index in [-0.39, 0.29) is 11.9 Å². The third kappa shape index (κ3) is 15.8. The van der Waals surface area contributed by atoms with Crippen LogP contribution < -0.4 is 0 Å². The molecule has 0 rings (SSSR count). The Morgan fingerprint density at radius 1 is 0.818 bits per heavy atom. The van der Waals surface area contributed by atoms with Crippen LogP contribution in [0.15, 0.2) is 12.2 Å². The number of unbranched alkanes of at least 4 members (excludes halogenated alkanes) is 6. The molecular weight excluding hydrogens is 320 g/mol. The van der Waals surface area contributed by atoms with Crippen molar-refractivity contribution in [3.05, 3.63) is 12.2 Å². The molecule has 22 heavy (non-hydrogen) atoms. The van der Waals surface area contributed by atoms with Crippen LogP contribution in [0, 0.1) is 0 Å². The molecule has 0 saturated carbocycles. The predicted molar refractivity (Wildman–Crippen MR) is 95.7 cm³/mol. The fraction of sp³-hybridized carbons (Fsp3) is 0.750. The predicted octanol–water partition coefficient (Wildman–Crippen LogP) is 3.61. The first-order valence-electron chi connectivity index (χ1n) is 7.91. The van der Waals surface area contributed by atoms with E-state index in [1.807, 2.05) is 6.08 Å². The maximum absolute atomic E-state index is 11.2. The van der Waals surface area contributed by atoms with Crippen molar-refractivity contribution in [2.24, 2.45) is 0 Å². The quantitative estimate of drug-likeness (QED) is 0.218. The fourth-order valence-corrected chi connectivity index (χ4v) is 2.03. The molecule has 0 N–H and O–H groups in total. The molecule has 0 radical (unpaired) electrons. The molecule has 6 heteroatoms. The van der Waals surface area contributed by atoms with Crippen molar-refractivity contribution in [1.29, 1.82) is 0 Å². The van der Waals surface area contributed by atoms with Gasteiger partial charge in [0, 0.05) is 24.0 Å². The standard InChI is InChI=1S/C16H28O4S2/c17-15(19-11-13-21)9-7-5-3-1-2-4-6-8-10-16(18)20-12-14-22/h7,9,21-22H,1-6,8,10-14H2. The van der Waals surface area contributed by atoms with Crippen molar-refractivity contribution in [2.75, 3.05) is 24.7 Å². The van der Waals surface area contributed by atoms with Gasteiger partial charge < -0.3 is 9.47 Å². The minimum absolute atomic E-state index is 0.121. The van der Waals surface area contributed by atoms with Gasteiger partial charge in [0.1, 0.15) is 13.2 Å². The summed E-state index contributed by atoms with van der Waals surface area (Å²) < 4.78 is 9.80. The topological polar surface area (TPSA) is 52.6 Å². The van der Waals surface area contributed by atoms with Crippen LogP contribution in [0.2, 0.25) is 0 Å². The summed E-state index contributed by atoms with van der Waals surface area (Å²) in [6, 6.07) is 0. The zero-order chi connectivity index (χ0) is 16.5. The van der Waals surface area contributed by atoms with Crippen molar-refractivity contribution in [3.63, 3.8) is 0 Å². The smallest absolute Gasteiger partial charge is 0.330 e. The largest absolute Gasteiger partial charge is 0.465 e. The molecule has 0 atom stereocenters. The lowest BCUT2D eigenvalue weighted by Crippen LogP contribution is -2.06. The van der Waals surface area contributed by atoms with Crippen molar-refractivity contribution in [1.82, 2.24) is 0 Å². The number of carbonyl (C=O) groups excluding carboxylic acids is 2. The van der Waals surface area contributed by atoms with Crippen molar-refractivity contribution < 1.29 is 19.1 Å². The molecule has 0 heterocycles. The summed E-state index contributed by atoms with van der Waals surface area (Å²) in [6.07, 6.45) is 11.2. The Bertz CT molecular complexity index is 319. The number of hydrogen-bond acceptors (Lipinski definition) is 6. The normalized spacial score (nSPS) is 10.8. The molecule has 0 spiro atoms. The average molecular weight is 349 g/mol. The van der Waals surface area contributed by atoms with Gasteiger partial charge in [-0.25, -0.2) is 4.79 Å². The number of rotatable bonds is 14. The van der Waals surface area contributed by atoms with Gasteiger partial charge in [0.25, 0.3) is 0 Å². The van der Waals surface area contributed by atoms with E-state index >= 15 is 0 Å². The number of thiol groups is 2. The minimum Gasteiger partial charge on any atom is -0.465 e. The van der Waals surface area contributed by atoms with E-state index in [0.29, 0.717) is 31.1 Å². The molecule has 0 unspecified atom stereocenters. The highest BCUT2D eigenvalue weighted by Crippen LogP contribution is 2.09. The number of carbonyl (C=O) groups is 2. The SMILES string of the molecule is O=C(C=CCCCCCCCCC(=O)OCCS)OCCS. The number of hydrogen-bond donors (Lipinski definition) is 2. The molecule has 0 aliphatic heterocycles. The molecule has 0 bridgehead atoms. The summed E-state index contributed by atoms with van der Waals surface area (Å²) in [5.41, 5.74) is 0. The molecule has 4 nitrogen and oxygen atoms in total. The average Bonchev–Trinajstić information content (AvgIpc) is 2.52. The van der Waals surface area contributed by atoms with Crippen LogP contribution in [-0.2, 0) is 19.1 Å². The van der Waals surface area contributed by atoms with Crippen LogP contribution in [-0.4, -0.2) is 36.7 Å². The van der Waals surface area contributed by atoms with Crippen LogP contribution in [0.3, 0.4) is 0 Å². The van der Waals surface area contributed by atoms with E-state index in [2.05, 4.69) is 25.3 Å². The Hall–Kier alpha value is -0.620. The van der Waals surface area contributed by atoms with Gasteiger partial charge in [0.2, 0.25) is 0 Å². The third-order valence-electron chi connectivity index (χ3n) is 2.95. The van der Waals surface area contributed by atoms with Gasteiger partial charge >= 0.3 is 11.9 Å². The first-order valence-corrected chi connectivity index (χ1v) is 9.18. The molecular formula is C16H28O4S2. The summed E-state index contributed by atoms with van der Waals surface area (Å²) in [5, 5.41) is 0. The first kappa shape index (κ1) is 21.4. The van der Waals surface area contributed by atoms with Gasteiger partial charge in [-0.05, 0) is 19.3 Å². The maximum atomic E-state index is 11.2. The zero-order valence-electron chi connectivity index (χ0n) is 13.2. The Balaban J connectivity index is 3.28. The van der Waals surface area contributed by atoms with Crippen LogP contribution in [0.5, 0.6) is 0 Å². The summed E-state index contributed by atoms with van der Waals surface area (Å²) in [6.45, 7) is 0.756. The van der Waals surface area contributed by atoms with E-state index in [1.165, 1.54) is 6.08 Å². The molecule has 0 aromatic rings. The molecule has 0 aliphatic carbocycles. The van der Waals surface area contributed by atoms with Crippen LogP contribution in [0.4, 0.5) is 0 Å². The second-order valence-electron chi connectivity index (χ2n) is 4.90. The Morgan fingerprint density at radius 3 is 2.09 bits per heavy atom. The highest BCUT2D eigenvalue weighted by Gasteiger charge is 2.01.